The molecule has 0 N–H and O–H groups in total. The zero-order valence-electron chi connectivity index (χ0n) is 14.7. The summed E-state index contributed by atoms with van der Waals surface area (Å²) < 4.78 is 2.05. The molecule has 25 heavy (non-hydrogen) atoms. The lowest BCUT2D eigenvalue weighted by Crippen LogP contribution is -2.42. The van der Waals surface area contributed by atoms with E-state index in [1.54, 1.807) is 0 Å². The van der Waals surface area contributed by atoms with E-state index < -0.39 is 0 Å². The number of rotatable bonds is 2. The fourth-order valence-electron chi connectivity index (χ4n) is 3.94. The lowest BCUT2D eigenvalue weighted by atomic mass is 9.91. The Hall–Kier alpha value is -2.62. The Morgan fingerprint density at radius 3 is 2.40 bits per heavy atom. The number of para-hydroxylation sites is 2. The van der Waals surface area contributed by atoms with Crippen molar-refractivity contribution < 1.29 is 4.79 Å². The maximum absolute atomic E-state index is 12.8. The van der Waals surface area contributed by atoms with Crippen LogP contribution in [0.3, 0.4) is 0 Å². The average Bonchev–Trinajstić information content (AvgIpc) is 3.04. The number of fused-ring (bicyclic) bond motifs is 1. The fraction of sp³-hybridized carbons (Fsp3) is 0.333. The van der Waals surface area contributed by atoms with E-state index in [1.807, 2.05) is 53.7 Å². The minimum atomic E-state index is 0.139. The highest BCUT2D eigenvalue weighted by Gasteiger charge is 2.26. The Morgan fingerprint density at radius 1 is 1.00 bits per heavy atom. The van der Waals surface area contributed by atoms with E-state index in [-0.39, 0.29) is 5.91 Å². The van der Waals surface area contributed by atoms with Crippen LogP contribution in [0, 0.1) is 11.8 Å². The largest absolute Gasteiger partial charge is 0.338 e. The van der Waals surface area contributed by atoms with Crippen LogP contribution in [0.4, 0.5) is 0 Å². The maximum atomic E-state index is 12.8. The van der Waals surface area contributed by atoms with Crippen molar-refractivity contribution in [2.24, 2.45) is 11.8 Å². The Labute approximate surface area is 148 Å². The van der Waals surface area contributed by atoms with Crippen molar-refractivity contribution >= 4 is 16.9 Å². The monoisotopic (exact) mass is 333 g/mol. The minimum absolute atomic E-state index is 0.139. The van der Waals surface area contributed by atoms with E-state index in [0.29, 0.717) is 11.8 Å². The molecule has 2 aromatic carbocycles. The van der Waals surface area contributed by atoms with Gasteiger partial charge in [0.25, 0.3) is 5.91 Å². The first kappa shape index (κ1) is 15.9. The van der Waals surface area contributed by atoms with E-state index in [4.69, 9.17) is 0 Å². The van der Waals surface area contributed by atoms with Crippen LogP contribution in [0.2, 0.25) is 0 Å². The predicted molar refractivity (Wildman–Crippen MR) is 99.9 cm³/mol. The zero-order chi connectivity index (χ0) is 17.4. The minimum Gasteiger partial charge on any atom is -0.338 e. The van der Waals surface area contributed by atoms with Gasteiger partial charge < -0.3 is 4.90 Å². The molecule has 1 aliphatic rings. The zero-order valence-corrected chi connectivity index (χ0v) is 14.7. The van der Waals surface area contributed by atoms with Crippen molar-refractivity contribution in [1.82, 2.24) is 14.5 Å². The van der Waals surface area contributed by atoms with Crippen LogP contribution in [0.1, 0.15) is 30.6 Å². The van der Waals surface area contributed by atoms with Crippen molar-refractivity contribution in [2.75, 3.05) is 13.1 Å². The molecule has 4 heteroatoms. The molecule has 1 fully saturated rings. The summed E-state index contributed by atoms with van der Waals surface area (Å²) in [6.45, 7) is 6.17. The lowest BCUT2D eigenvalue weighted by Gasteiger charge is -2.35. The number of hydrogen-bond acceptors (Lipinski definition) is 2. The summed E-state index contributed by atoms with van der Waals surface area (Å²) in [4.78, 5) is 19.2. The topological polar surface area (TPSA) is 38.1 Å². The Bertz CT molecular complexity index is 887. The fourth-order valence-corrected chi connectivity index (χ4v) is 3.94. The van der Waals surface area contributed by atoms with E-state index in [2.05, 4.69) is 29.5 Å². The van der Waals surface area contributed by atoms with Gasteiger partial charge in [0.05, 0.1) is 11.0 Å². The summed E-state index contributed by atoms with van der Waals surface area (Å²) in [7, 11) is 0. The summed E-state index contributed by atoms with van der Waals surface area (Å²) in [6.07, 6.45) is 3.03. The van der Waals surface area contributed by atoms with Crippen molar-refractivity contribution in [3.63, 3.8) is 0 Å². The maximum Gasteiger partial charge on any atom is 0.253 e. The molecule has 0 saturated carbocycles. The van der Waals surface area contributed by atoms with Gasteiger partial charge in [-0.05, 0) is 54.7 Å². The first-order valence-corrected chi connectivity index (χ1v) is 8.93. The molecule has 1 saturated heterocycles. The number of carbonyl (C=O) groups excluding carboxylic acids is 1. The molecule has 128 valence electrons. The van der Waals surface area contributed by atoms with E-state index in [0.717, 1.165) is 35.4 Å². The molecule has 0 bridgehead atoms. The van der Waals surface area contributed by atoms with Crippen LogP contribution < -0.4 is 0 Å². The van der Waals surface area contributed by atoms with Crippen LogP contribution in [-0.2, 0) is 0 Å². The van der Waals surface area contributed by atoms with E-state index >= 15 is 0 Å². The summed E-state index contributed by atoms with van der Waals surface area (Å²) in [5.74, 6) is 1.29. The van der Waals surface area contributed by atoms with Crippen LogP contribution in [0.5, 0.6) is 0 Å². The first-order chi connectivity index (χ1) is 12.1. The molecule has 0 aliphatic carbocycles. The number of piperidine rings is 1. The van der Waals surface area contributed by atoms with Gasteiger partial charge in [0.15, 0.2) is 0 Å². The number of hydrogen-bond donors (Lipinski definition) is 0. The van der Waals surface area contributed by atoms with Crippen LogP contribution >= 0.6 is 0 Å². The summed E-state index contributed by atoms with van der Waals surface area (Å²) in [5.41, 5.74) is 3.82. The molecule has 2 atom stereocenters. The second kappa shape index (κ2) is 6.36. The number of benzene rings is 2. The second-order valence-corrected chi connectivity index (χ2v) is 7.31. The first-order valence-electron chi connectivity index (χ1n) is 8.93. The lowest BCUT2D eigenvalue weighted by molar-refractivity contribution is 0.0623. The summed E-state index contributed by atoms with van der Waals surface area (Å²) >= 11 is 0. The van der Waals surface area contributed by atoms with Gasteiger partial charge in [-0.1, -0.05) is 26.0 Å². The molecule has 1 amide bonds. The SMILES string of the molecule is CC1CC(C)CN(C(=O)c2ccc(-n3cnc4ccccc43)cc2)C1. The molecular weight excluding hydrogens is 310 g/mol. The van der Waals surface area contributed by atoms with Crippen LogP contribution in [0.25, 0.3) is 16.7 Å². The number of likely N-dealkylation sites (tertiary alicyclic amines) is 1. The van der Waals surface area contributed by atoms with Gasteiger partial charge in [0, 0.05) is 24.3 Å². The molecule has 4 rings (SSSR count). The molecule has 1 aliphatic heterocycles. The third-order valence-electron chi connectivity index (χ3n) is 5.00. The number of carbonyl (C=O) groups is 1. The molecule has 0 radical (unpaired) electrons. The molecular formula is C21H23N3O. The molecule has 4 nitrogen and oxygen atoms in total. The highest BCUT2D eigenvalue weighted by Crippen LogP contribution is 2.23. The molecule has 0 spiro atoms. The molecule has 2 unspecified atom stereocenters. The van der Waals surface area contributed by atoms with Crippen LogP contribution in [0.15, 0.2) is 54.9 Å². The highest BCUT2D eigenvalue weighted by atomic mass is 16.2. The van der Waals surface area contributed by atoms with Gasteiger partial charge >= 0.3 is 0 Å². The van der Waals surface area contributed by atoms with Gasteiger partial charge in [-0.3, -0.25) is 9.36 Å². The third-order valence-corrected chi connectivity index (χ3v) is 5.00. The molecule has 2 heterocycles. The quantitative estimate of drug-likeness (QED) is 0.707. The normalized spacial score (nSPS) is 20.8. The Morgan fingerprint density at radius 2 is 1.68 bits per heavy atom. The van der Waals surface area contributed by atoms with Crippen molar-refractivity contribution in [1.29, 1.82) is 0 Å². The highest BCUT2D eigenvalue weighted by molar-refractivity contribution is 5.94. The van der Waals surface area contributed by atoms with Crippen LogP contribution in [-0.4, -0.2) is 33.4 Å². The van der Waals surface area contributed by atoms with Gasteiger partial charge in [0.2, 0.25) is 0 Å². The standard InChI is InChI=1S/C21H23N3O/c1-15-11-16(2)13-23(12-15)21(25)17-7-9-18(10-8-17)24-14-22-19-5-3-4-6-20(19)24/h3-10,14-16H,11-13H2,1-2H3. The second-order valence-electron chi connectivity index (χ2n) is 7.31. The van der Waals surface area contributed by atoms with Gasteiger partial charge in [-0.15, -0.1) is 0 Å². The molecule has 3 aromatic rings. The predicted octanol–water partition coefficient (Wildman–Crippen LogP) is 4.14. The van der Waals surface area contributed by atoms with E-state index in [1.165, 1.54) is 6.42 Å². The number of imidazole rings is 1. The smallest absolute Gasteiger partial charge is 0.253 e. The third kappa shape index (κ3) is 3.04. The summed E-state index contributed by atoms with van der Waals surface area (Å²) in [5, 5.41) is 0. The Kier molecular flexibility index (Phi) is 4.04. The number of aromatic nitrogens is 2. The van der Waals surface area contributed by atoms with Crippen molar-refractivity contribution in [3.8, 4) is 5.69 Å². The van der Waals surface area contributed by atoms with Gasteiger partial charge in [-0.2, -0.15) is 0 Å². The van der Waals surface area contributed by atoms with E-state index in [9.17, 15) is 4.79 Å². The van der Waals surface area contributed by atoms with Crippen molar-refractivity contribution in [2.45, 2.75) is 20.3 Å². The van der Waals surface area contributed by atoms with Gasteiger partial charge in [0.1, 0.15) is 6.33 Å². The average molecular weight is 333 g/mol. The Balaban J connectivity index is 1.59. The number of nitrogens with zero attached hydrogens (tertiary/aromatic N) is 3. The van der Waals surface area contributed by atoms with Gasteiger partial charge in [-0.25, -0.2) is 4.98 Å². The van der Waals surface area contributed by atoms with Crippen molar-refractivity contribution in [3.05, 3.63) is 60.4 Å². The summed E-state index contributed by atoms with van der Waals surface area (Å²) in [6, 6.07) is 15.9. The molecule has 1 aromatic heterocycles. The number of amides is 1.